The normalized spacial score (nSPS) is 29.8. The molecule has 1 unspecified atom stereocenters. The van der Waals surface area contributed by atoms with Gasteiger partial charge in [0.2, 0.25) is 6.43 Å². The Hall–Kier alpha value is -0.730. The summed E-state index contributed by atoms with van der Waals surface area (Å²) in [6.45, 7) is 1.43. The molecule has 0 radical (unpaired) electrons. The summed E-state index contributed by atoms with van der Waals surface area (Å²) in [5.74, 6) is -0.998. The van der Waals surface area contributed by atoms with E-state index in [-0.39, 0.29) is 18.1 Å². The first-order valence-electron chi connectivity index (χ1n) is 3.58. The molecule has 0 bridgehead atoms. The number of carbonyl (C=O) groups is 1. The standard InChI is InChI=1S/C8H10F2O/c1-5(11)6-2-3-7(4-6)8(9)10/h2-3,6-8H,4H2,1H3/t6?,7-/m0/s1. The molecule has 0 spiro atoms. The van der Waals surface area contributed by atoms with E-state index in [1.165, 1.54) is 13.0 Å². The number of allylic oxidation sites excluding steroid dienone is 2. The highest BCUT2D eigenvalue weighted by Gasteiger charge is 2.27. The summed E-state index contributed by atoms with van der Waals surface area (Å²) in [5.41, 5.74) is 0. The second-order valence-corrected chi connectivity index (χ2v) is 2.84. The fraction of sp³-hybridized carbons (Fsp3) is 0.625. The largest absolute Gasteiger partial charge is 0.299 e. The van der Waals surface area contributed by atoms with Crippen LogP contribution in [0.1, 0.15) is 13.3 Å². The van der Waals surface area contributed by atoms with Crippen molar-refractivity contribution in [2.24, 2.45) is 11.8 Å². The summed E-state index contributed by atoms with van der Waals surface area (Å²) in [5, 5.41) is 0. The third-order valence-corrected chi connectivity index (χ3v) is 1.96. The number of alkyl halides is 2. The van der Waals surface area contributed by atoms with Gasteiger partial charge in [0, 0.05) is 11.8 Å². The third-order valence-electron chi connectivity index (χ3n) is 1.96. The van der Waals surface area contributed by atoms with E-state index in [9.17, 15) is 13.6 Å². The van der Waals surface area contributed by atoms with Crippen LogP contribution in [-0.2, 0) is 4.79 Å². The molecule has 0 saturated heterocycles. The second kappa shape index (κ2) is 3.11. The summed E-state index contributed by atoms with van der Waals surface area (Å²) in [6, 6.07) is 0. The number of ketones is 1. The summed E-state index contributed by atoms with van der Waals surface area (Å²) in [6.07, 6.45) is 0.985. The van der Waals surface area contributed by atoms with Gasteiger partial charge in [-0.05, 0) is 13.3 Å². The van der Waals surface area contributed by atoms with Crippen molar-refractivity contribution in [2.45, 2.75) is 19.8 Å². The first-order chi connectivity index (χ1) is 5.11. The van der Waals surface area contributed by atoms with Crippen LogP contribution in [0.4, 0.5) is 8.78 Å². The van der Waals surface area contributed by atoms with Crippen LogP contribution in [0.5, 0.6) is 0 Å². The molecule has 1 aliphatic rings. The van der Waals surface area contributed by atoms with Crippen LogP contribution in [0.3, 0.4) is 0 Å². The van der Waals surface area contributed by atoms with E-state index in [0.29, 0.717) is 0 Å². The lowest BCUT2D eigenvalue weighted by atomic mass is 10.0. The Morgan fingerprint density at radius 1 is 1.55 bits per heavy atom. The quantitative estimate of drug-likeness (QED) is 0.565. The minimum absolute atomic E-state index is 0.0237. The molecule has 0 fully saturated rings. The van der Waals surface area contributed by atoms with Gasteiger partial charge < -0.3 is 0 Å². The molecule has 11 heavy (non-hydrogen) atoms. The first kappa shape index (κ1) is 8.37. The molecule has 0 aromatic rings. The van der Waals surface area contributed by atoms with Crippen LogP contribution in [-0.4, -0.2) is 12.2 Å². The lowest BCUT2D eigenvalue weighted by molar-refractivity contribution is -0.119. The minimum atomic E-state index is -2.32. The maximum absolute atomic E-state index is 12.0. The van der Waals surface area contributed by atoms with Gasteiger partial charge >= 0.3 is 0 Å². The van der Waals surface area contributed by atoms with Crippen molar-refractivity contribution in [3.63, 3.8) is 0 Å². The first-order valence-corrected chi connectivity index (χ1v) is 3.58. The maximum Gasteiger partial charge on any atom is 0.244 e. The summed E-state index contributed by atoms with van der Waals surface area (Å²) >= 11 is 0. The lowest BCUT2D eigenvalue weighted by Crippen LogP contribution is -2.11. The SMILES string of the molecule is CC(=O)C1C=C[C@H](C(F)F)C1. The Balaban J connectivity index is 2.49. The van der Waals surface area contributed by atoms with Crippen LogP contribution in [0, 0.1) is 11.8 Å². The van der Waals surface area contributed by atoms with E-state index in [1.807, 2.05) is 0 Å². The predicted octanol–water partition coefficient (Wildman–Crippen LogP) is 2.03. The lowest BCUT2D eigenvalue weighted by Gasteiger charge is -2.07. The highest BCUT2D eigenvalue weighted by molar-refractivity contribution is 5.80. The fourth-order valence-electron chi connectivity index (χ4n) is 1.22. The molecular weight excluding hydrogens is 150 g/mol. The van der Waals surface area contributed by atoms with Gasteiger partial charge in [0.15, 0.2) is 0 Å². The van der Waals surface area contributed by atoms with Crippen molar-refractivity contribution in [1.82, 2.24) is 0 Å². The van der Waals surface area contributed by atoms with Gasteiger partial charge in [0.05, 0.1) is 0 Å². The van der Waals surface area contributed by atoms with Gasteiger partial charge in [0.1, 0.15) is 5.78 Å². The predicted molar refractivity (Wildman–Crippen MR) is 37.4 cm³/mol. The van der Waals surface area contributed by atoms with Crippen LogP contribution in [0.15, 0.2) is 12.2 Å². The van der Waals surface area contributed by atoms with Crippen LogP contribution in [0.2, 0.25) is 0 Å². The van der Waals surface area contributed by atoms with E-state index >= 15 is 0 Å². The van der Waals surface area contributed by atoms with Crippen molar-refractivity contribution in [1.29, 1.82) is 0 Å². The molecule has 1 nitrogen and oxygen atoms in total. The molecule has 1 aliphatic carbocycles. The van der Waals surface area contributed by atoms with Crippen molar-refractivity contribution in [2.75, 3.05) is 0 Å². The zero-order valence-corrected chi connectivity index (χ0v) is 6.26. The molecule has 1 rings (SSSR count). The van der Waals surface area contributed by atoms with E-state index < -0.39 is 12.3 Å². The monoisotopic (exact) mass is 160 g/mol. The van der Waals surface area contributed by atoms with Gasteiger partial charge in [-0.15, -0.1) is 0 Å². The average Bonchev–Trinajstić information content (AvgIpc) is 2.33. The van der Waals surface area contributed by atoms with Crippen molar-refractivity contribution >= 4 is 5.78 Å². The molecule has 0 heterocycles. The van der Waals surface area contributed by atoms with E-state index in [0.717, 1.165) is 0 Å². The topological polar surface area (TPSA) is 17.1 Å². The Morgan fingerprint density at radius 3 is 2.45 bits per heavy atom. The fourth-order valence-corrected chi connectivity index (χ4v) is 1.22. The van der Waals surface area contributed by atoms with Gasteiger partial charge in [-0.25, -0.2) is 8.78 Å². The molecule has 0 N–H and O–H groups in total. The Kier molecular flexibility index (Phi) is 2.37. The second-order valence-electron chi connectivity index (χ2n) is 2.84. The van der Waals surface area contributed by atoms with E-state index in [1.54, 1.807) is 6.08 Å². The smallest absolute Gasteiger partial charge is 0.244 e. The van der Waals surface area contributed by atoms with Crippen molar-refractivity contribution < 1.29 is 13.6 Å². The highest BCUT2D eigenvalue weighted by Crippen LogP contribution is 2.28. The van der Waals surface area contributed by atoms with Crippen LogP contribution >= 0.6 is 0 Å². The molecule has 0 aromatic carbocycles. The van der Waals surface area contributed by atoms with E-state index in [4.69, 9.17) is 0 Å². The summed E-state index contributed by atoms with van der Waals surface area (Å²) < 4.78 is 24.0. The van der Waals surface area contributed by atoms with Crippen LogP contribution < -0.4 is 0 Å². The van der Waals surface area contributed by atoms with Gasteiger partial charge in [-0.3, -0.25) is 4.79 Å². The van der Waals surface area contributed by atoms with Gasteiger partial charge in [-0.1, -0.05) is 12.2 Å². The van der Waals surface area contributed by atoms with Gasteiger partial charge in [0.25, 0.3) is 0 Å². The number of carbonyl (C=O) groups excluding carboxylic acids is 1. The Bertz CT molecular complexity index is 187. The Morgan fingerprint density at radius 2 is 2.18 bits per heavy atom. The molecule has 2 atom stereocenters. The van der Waals surface area contributed by atoms with Crippen molar-refractivity contribution in [3.8, 4) is 0 Å². The average molecular weight is 160 g/mol. The Labute approximate surface area is 64.1 Å². The summed E-state index contributed by atoms with van der Waals surface area (Å²) in [4.78, 5) is 10.7. The number of hydrogen-bond donors (Lipinski definition) is 0. The number of Topliss-reactive ketones (excluding diaryl/α,β-unsaturated/α-hetero) is 1. The molecule has 0 aromatic heterocycles. The maximum atomic E-state index is 12.0. The molecule has 62 valence electrons. The molecular formula is C8H10F2O. The molecule has 3 heteroatoms. The molecule has 0 amide bonds. The zero-order valence-electron chi connectivity index (χ0n) is 6.26. The van der Waals surface area contributed by atoms with E-state index in [2.05, 4.69) is 0 Å². The summed E-state index contributed by atoms with van der Waals surface area (Å²) in [7, 11) is 0. The third kappa shape index (κ3) is 1.85. The number of hydrogen-bond acceptors (Lipinski definition) is 1. The van der Waals surface area contributed by atoms with Crippen LogP contribution in [0.25, 0.3) is 0 Å². The number of rotatable bonds is 2. The van der Waals surface area contributed by atoms with Crippen molar-refractivity contribution in [3.05, 3.63) is 12.2 Å². The number of halogens is 2. The van der Waals surface area contributed by atoms with Gasteiger partial charge in [-0.2, -0.15) is 0 Å². The molecule has 0 saturated carbocycles. The highest BCUT2D eigenvalue weighted by atomic mass is 19.3. The zero-order chi connectivity index (χ0) is 8.43. The minimum Gasteiger partial charge on any atom is -0.299 e. The molecule has 0 aliphatic heterocycles.